The van der Waals surface area contributed by atoms with Gasteiger partial charge >= 0.3 is 0 Å². The van der Waals surface area contributed by atoms with E-state index in [0.29, 0.717) is 0 Å². The van der Waals surface area contributed by atoms with Gasteiger partial charge in [0.05, 0.1) is 0 Å². The van der Waals surface area contributed by atoms with Gasteiger partial charge in [-0.2, -0.15) is 0 Å². The Bertz CT molecular complexity index is 495. The average molecular weight is 226 g/mol. The predicted octanol–water partition coefficient (Wildman–Crippen LogP) is 3.94. The van der Waals surface area contributed by atoms with Gasteiger partial charge in [0.1, 0.15) is 0 Å². The summed E-state index contributed by atoms with van der Waals surface area (Å²) in [5, 5.41) is 3.44. The lowest BCUT2D eigenvalue weighted by molar-refractivity contribution is 1.36. The Morgan fingerprint density at radius 1 is 0.824 bits per heavy atom. The molecular weight excluding hydrogens is 208 g/mol. The fraction of sp³-hybridized carbons (Fsp3) is 0.200. The fourth-order valence-electron chi connectivity index (χ4n) is 1.79. The van der Waals surface area contributed by atoms with Crippen molar-refractivity contribution in [3.63, 3.8) is 0 Å². The summed E-state index contributed by atoms with van der Waals surface area (Å²) in [7, 11) is 0. The number of benzene rings is 2. The van der Waals surface area contributed by atoms with Gasteiger partial charge in [0, 0.05) is 17.1 Å². The molecule has 2 heteroatoms. The van der Waals surface area contributed by atoms with E-state index in [1.807, 2.05) is 18.2 Å². The second-order valence-corrected chi connectivity index (χ2v) is 4.52. The summed E-state index contributed by atoms with van der Waals surface area (Å²) in [6, 6.07) is 12.3. The Morgan fingerprint density at radius 3 is 2.12 bits per heavy atom. The molecule has 3 N–H and O–H groups in total. The van der Waals surface area contributed by atoms with Gasteiger partial charge in [-0.05, 0) is 55.7 Å². The van der Waals surface area contributed by atoms with Crippen LogP contribution in [0.25, 0.3) is 0 Å². The van der Waals surface area contributed by atoms with Crippen molar-refractivity contribution in [2.24, 2.45) is 0 Å². The number of hydrogen-bond donors (Lipinski definition) is 2. The highest BCUT2D eigenvalue weighted by Gasteiger charge is 2.02. The topological polar surface area (TPSA) is 38.0 Å². The van der Waals surface area contributed by atoms with Crippen molar-refractivity contribution < 1.29 is 0 Å². The smallest absolute Gasteiger partial charge is 0.0434 e. The fourth-order valence-corrected chi connectivity index (χ4v) is 1.79. The molecule has 2 aromatic carbocycles. The summed E-state index contributed by atoms with van der Waals surface area (Å²) in [5.74, 6) is 0. The number of anilines is 3. The van der Waals surface area contributed by atoms with Crippen LogP contribution in [0.5, 0.6) is 0 Å². The molecule has 2 aromatic rings. The third-order valence-electron chi connectivity index (χ3n) is 2.92. The van der Waals surface area contributed by atoms with E-state index in [1.165, 1.54) is 16.7 Å². The van der Waals surface area contributed by atoms with Crippen molar-refractivity contribution in [1.29, 1.82) is 0 Å². The molecule has 0 amide bonds. The minimum absolute atomic E-state index is 0.781. The van der Waals surface area contributed by atoms with E-state index >= 15 is 0 Å². The summed E-state index contributed by atoms with van der Waals surface area (Å²) in [6.45, 7) is 6.27. The lowest BCUT2D eigenvalue weighted by atomic mass is 10.1. The Hall–Kier alpha value is -1.96. The maximum Gasteiger partial charge on any atom is 0.0434 e. The van der Waals surface area contributed by atoms with Gasteiger partial charge in [0.25, 0.3) is 0 Å². The first-order valence-electron chi connectivity index (χ1n) is 5.76. The molecule has 2 nitrogen and oxygen atoms in total. The minimum atomic E-state index is 0.781. The Labute approximate surface area is 102 Å². The molecule has 0 spiro atoms. The van der Waals surface area contributed by atoms with Crippen LogP contribution in [0.2, 0.25) is 0 Å². The highest BCUT2D eigenvalue weighted by Crippen LogP contribution is 2.25. The van der Waals surface area contributed by atoms with Crippen LogP contribution >= 0.6 is 0 Å². The number of nitrogens with one attached hydrogen (secondary N) is 1. The van der Waals surface area contributed by atoms with Gasteiger partial charge < -0.3 is 11.1 Å². The molecule has 17 heavy (non-hydrogen) atoms. The van der Waals surface area contributed by atoms with Crippen LogP contribution < -0.4 is 11.1 Å². The quantitative estimate of drug-likeness (QED) is 0.761. The van der Waals surface area contributed by atoms with Crippen LogP contribution in [0.1, 0.15) is 16.7 Å². The van der Waals surface area contributed by atoms with Crippen molar-refractivity contribution in [2.45, 2.75) is 20.8 Å². The largest absolute Gasteiger partial charge is 0.399 e. The predicted molar refractivity (Wildman–Crippen MR) is 74.8 cm³/mol. The van der Waals surface area contributed by atoms with Crippen molar-refractivity contribution in [1.82, 2.24) is 0 Å². The first kappa shape index (κ1) is 11.5. The first-order valence-corrected chi connectivity index (χ1v) is 5.76. The number of nitrogen functional groups attached to an aromatic ring is 1. The van der Waals surface area contributed by atoms with Crippen molar-refractivity contribution in [3.8, 4) is 0 Å². The van der Waals surface area contributed by atoms with Crippen molar-refractivity contribution in [3.05, 3.63) is 53.1 Å². The second kappa shape index (κ2) is 4.50. The van der Waals surface area contributed by atoms with Gasteiger partial charge in [-0.25, -0.2) is 0 Å². The van der Waals surface area contributed by atoms with Crippen LogP contribution in [-0.2, 0) is 0 Å². The molecule has 0 aromatic heterocycles. The first-order chi connectivity index (χ1) is 8.06. The molecule has 0 heterocycles. The van der Waals surface area contributed by atoms with E-state index in [2.05, 4.69) is 44.3 Å². The Morgan fingerprint density at radius 2 is 1.41 bits per heavy atom. The van der Waals surface area contributed by atoms with Gasteiger partial charge in [-0.3, -0.25) is 0 Å². The molecule has 0 aliphatic rings. The number of nitrogens with two attached hydrogens (primary N) is 1. The number of rotatable bonds is 2. The molecule has 88 valence electrons. The lowest BCUT2D eigenvalue weighted by Crippen LogP contribution is -1.97. The highest BCUT2D eigenvalue weighted by molar-refractivity contribution is 5.69. The van der Waals surface area contributed by atoms with Gasteiger partial charge in [0.15, 0.2) is 0 Å². The third kappa shape index (κ3) is 2.59. The zero-order valence-corrected chi connectivity index (χ0v) is 10.5. The molecule has 0 aliphatic carbocycles. The Kier molecular flexibility index (Phi) is 3.05. The summed E-state index contributed by atoms with van der Waals surface area (Å²) in [5.41, 5.74) is 12.5. The van der Waals surface area contributed by atoms with E-state index in [0.717, 1.165) is 17.1 Å². The lowest BCUT2D eigenvalue weighted by Gasteiger charge is -2.13. The number of aryl methyl sites for hydroxylation is 3. The van der Waals surface area contributed by atoms with Crippen LogP contribution in [0.3, 0.4) is 0 Å². The molecule has 2 rings (SSSR count). The zero-order chi connectivity index (χ0) is 12.4. The van der Waals surface area contributed by atoms with Crippen LogP contribution in [0, 0.1) is 20.8 Å². The van der Waals surface area contributed by atoms with Crippen molar-refractivity contribution >= 4 is 17.1 Å². The molecule has 0 saturated carbocycles. The summed E-state index contributed by atoms with van der Waals surface area (Å²) in [6.07, 6.45) is 0. The maximum atomic E-state index is 5.81. The van der Waals surface area contributed by atoms with Gasteiger partial charge in [-0.1, -0.05) is 18.2 Å². The van der Waals surface area contributed by atoms with E-state index < -0.39 is 0 Å². The number of hydrogen-bond acceptors (Lipinski definition) is 2. The zero-order valence-electron chi connectivity index (χ0n) is 10.5. The summed E-state index contributed by atoms with van der Waals surface area (Å²) < 4.78 is 0. The summed E-state index contributed by atoms with van der Waals surface area (Å²) >= 11 is 0. The van der Waals surface area contributed by atoms with Gasteiger partial charge in [-0.15, -0.1) is 0 Å². The summed E-state index contributed by atoms with van der Waals surface area (Å²) in [4.78, 5) is 0. The SMILES string of the molecule is Cc1ccc(C)c(Nc2cc(N)ccc2C)c1. The van der Waals surface area contributed by atoms with Crippen LogP contribution in [0.4, 0.5) is 17.1 Å². The third-order valence-corrected chi connectivity index (χ3v) is 2.92. The van der Waals surface area contributed by atoms with E-state index in [1.54, 1.807) is 0 Å². The van der Waals surface area contributed by atoms with Crippen LogP contribution in [0.15, 0.2) is 36.4 Å². The minimum Gasteiger partial charge on any atom is -0.399 e. The second-order valence-electron chi connectivity index (χ2n) is 4.52. The maximum absolute atomic E-state index is 5.81. The van der Waals surface area contributed by atoms with Crippen LogP contribution in [-0.4, -0.2) is 0 Å². The standard InChI is InChI=1S/C15H18N2/c1-10-4-5-11(2)14(8-10)17-15-9-13(16)7-6-12(15)3/h4-9,17H,16H2,1-3H3. The van der Waals surface area contributed by atoms with Gasteiger partial charge in [0.2, 0.25) is 0 Å². The van der Waals surface area contributed by atoms with Crippen molar-refractivity contribution in [2.75, 3.05) is 11.1 Å². The molecule has 0 atom stereocenters. The monoisotopic (exact) mass is 226 g/mol. The molecule has 0 radical (unpaired) electrons. The molecule has 0 unspecified atom stereocenters. The Balaban J connectivity index is 2.37. The molecule has 0 fully saturated rings. The van der Waals surface area contributed by atoms with E-state index in [9.17, 15) is 0 Å². The van der Waals surface area contributed by atoms with E-state index in [4.69, 9.17) is 5.73 Å². The molecular formula is C15H18N2. The van der Waals surface area contributed by atoms with E-state index in [-0.39, 0.29) is 0 Å². The molecule has 0 bridgehead atoms. The molecule has 0 aliphatic heterocycles. The highest BCUT2D eigenvalue weighted by atomic mass is 14.9. The average Bonchev–Trinajstić information content (AvgIpc) is 2.28. The molecule has 0 saturated heterocycles. The normalized spacial score (nSPS) is 10.3.